The number of hydrogen-bond acceptors (Lipinski definition) is 4. The molecule has 0 radical (unpaired) electrons. The molecule has 2 aromatic rings. The molecule has 1 N–H and O–H groups in total. The predicted octanol–water partition coefficient (Wildman–Crippen LogP) is 4.36. The van der Waals surface area contributed by atoms with Crippen LogP contribution < -0.4 is 10.2 Å². The van der Waals surface area contributed by atoms with Crippen LogP contribution in [-0.2, 0) is 16.8 Å². The molecule has 0 amide bonds. The van der Waals surface area contributed by atoms with Gasteiger partial charge < -0.3 is 19.1 Å². The SMILES string of the molecule is COCCCOc1cc2c(cc1C1(O)CCC1)-c1cc(=O)c(C)cn1C(C(C)C)C2. The molecule has 1 saturated carbocycles. The minimum atomic E-state index is -0.837. The van der Waals surface area contributed by atoms with Crippen molar-refractivity contribution in [2.75, 3.05) is 20.3 Å². The lowest BCUT2D eigenvalue weighted by Gasteiger charge is -2.40. The van der Waals surface area contributed by atoms with Gasteiger partial charge in [-0.25, -0.2) is 0 Å². The molecule has 1 aromatic carbocycles. The van der Waals surface area contributed by atoms with E-state index in [0.717, 1.165) is 60.2 Å². The summed E-state index contributed by atoms with van der Waals surface area (Å²) in [5.41, 5.74) is 4.02. The number of methoxy groups -OCH3 is 1. The number of pyridine rings is 1. The minimum absolute atomic E-state index is 0.0559. The first-order valence-electron chi connectivity index (χ1n) is 11.1. The zero-order chi connectivity index (χ0) is 21.5. The Morgan fingerprint density at radius 2 is 2.00 bits per heavy atom. The van der Waals surface area contributed by atoms with Crippen LogP contribution in [-0.4, -0.2) is 30.0 Å². The van der Waals surface area contributed by atoms with Gasteiger partial charge in [0.2, 0.25) is 0 Å². The van der Waals surface area contributed by atoms with Crippen LogP contribution in [0, 0.1) is 12.8 Å². The number of aliphatic hydroxyl groups is 1. The molecular formula is C25H33NO4. The molecule has 5 heteroatoms. The van der Waals surface area contributed by atoms with Gasteiger partial charge in [0, 0.05) is 55.1 Å². The Morgan fingerprint density at radius 1 is 1.23 bits per heavy atom. The van der Waals surface area contributed by atoms with E-state index >= 15 is 0 Å². The monoisotopic (exact) mass is 411 g/mol. The van der Waals surface area contributed by atoms with Crippen LogP contribution in [0.5, 0.6) is 5.75 Å². The molecule has 0 spiro atoms. The number of fused-ring (bicyclic) bond motifs is 3. The molecule has 5 nitrogen and oxygen atoms in total. The molecule has 1 aromatic heterocycles. The van der Waals surface area contributed by atoms with Gasteiger partial charge in [0.15, 0.2) is 5.43 Å². The summed E-state index contributed by atoms with van der Waals surface area (Å²) in [7, 11) is 1.69. The number of ether oxygens (including phenoxy) is 2. The predicted molar refractivity (Wildman–Crippen MR) is 118 cm³/mol. The lowest BCUT2D eigenvalue weighted by Crippen LogP contribution is -2.35. The van der Waals surface area contributed by atoms with Gasteiger partial charge in [0.05, 0.1) is 17.9 Å². The molecule has 4 rings (SSSR count). The number of rotatable bonds is 7. The third kappa shape index (κ3) is 3.69. The van der Waals surface area contributed by atoms with Crippen molar-refractivity contribution in [2.24, 2.45) is 5.92 Å². The second-order valence-corrected chi connectivity index (χ2v) is 9.21. The number of hydrogen-bond donors (Lipinski definition) is 1. The fourth-order valence-electron chi connectivity index (χ4n) is 4.70. The average Bonchev–Trinajstić information content (AvgIpc) is 2.69. The second-order valence-electron chi connectivity index (χ2n) is 9.21. The summed E-state index contributed by atoms with van der Waals surface area (Å²) in [5.74, 6) is 1.21. The summed E-state index contributed by atoms with van der Waals surface area (Å²) in [6.45, 7) is 7.52. The van der Waals surface area contributed by atoms with E-state index in [4.69, 9.17) is 9.47 Å². The first kappa shape index (κ1) is 21.1. The van der Waals surface area contributed by atoms with Crippen molar-refractivity contribution < 1.29 is 14.6 Å². The molecular weight excluding hydrogens is 378 g/mol. The number of nitrogens with zero attached hydrogens (tertiary/aromatic N) is 1. The Hall–Kier alpha value is -2.11. The largest absolute Gasteiger partial charge is 0.493 e. The van der Waals surface area contributed by atoms with E-state index in [0.29, 0.717) is 19.1 Å². The smallest absolute Gasteiger partial charge is 0.185 e. The first-order valence-corrected chi connectivity index (χ1v) is 11.1. The molecule has 1 aliphatic carbocycles. The van der Waals surface area contributed by atoms with Crippen LogP contribution in [0.2, 0.25) is 0 Å². The van der Waals surface area contributed by atoms with E-state index in [1.807, 2.05) is 13.1 Å². The quantitative estimate of drug-likeness (QED) is 0.688. The maximum absolute atomic E-state index is 12.5. The summed E-state index contributed by atoms with van der Waals surface area (Å²) < 4.78 is 13.5. The van der Waals surface area contributed by atoms with Gasteiger partial charge in [-0.2, -0.15) is 0 Å². The van der Waals surface area contributed by atoms with E-state index in [1.165, 1.54) is 5.56 Å². The maximum Gasteiger partial charge on any atom is 0.185 e. The Balaban J connectivity index is 1.83. The van der Waals surface area contributed by atoms with Crippen molar-refractivity contribution in [1.29, 1.82) is 0 Å². The van der Waals surface area contributed by atoms with Crippen molar-refractivity contribution in [1.82, 2.24) is 4.57 Å². The third-order valence-electron chi connectivity index (χ3n) is 6.74. The molecule has 1 unspecified atom stereocenters. The lowest BCUT2D eigenvalue weighted by molar-refractivity contribution is -0.0408. The topological polar surface area (TPSA) is 60.7 Å². The van der Waals surface area contributed by atoms with E-state index < -0.39 is 5.60 Å². The van der Waals surface area contributed by atoms with Crippen molar-refractivity contribution in [3.05, 3.63) is 51.3 Å². The van der Waals surface area contributed by atoms with Gasteiger partial charge in [-0.15, -0.1) is 0 Å². The van der Waals surface area contributed by atoms with Gasteiger partial charge >= 0.3 is 0 Å². The molecule has 30 heavy (non-hydrogen) atoms. The number of aromatic nitrogens is 1. The van der Waals surface area contributed by atoms with Gasteiger partial charge in [-0.1, -0.05) is 13.8 Å². The lowest BCUT2D eigenvalue weighted by atomic mass is 9.73. The molecule has 0 saturated heterocycles. The normalized spacial score (nSPS) is 19.2. The Morgan fingerprint density at radius 3 is 2.63 bits per heavy atom. The van der Waals surface area contributed by atoms with Gasteiger partial charge in [-0.3, -0.25) is 4.79 Å². The van der Waals surface area contributed by atoms with Crippen LogP contribution >= 0.6 is 0 Å². The fraction of sp³-hybridized carbons (Fsp3) is 0.560. The van der Waals surface area contributed by atoms with Gasteiger partial charge in [-0.05, 0) is 56.2 Å². The molecule has 1 atom stereocenters. The van der Waals surface area contributed by atoms with Crippen LogP contribution in [0.3, 0.4) is 0 Å². The summed E-state index contributed by atoms with van der Waals surface area (Å²) >= 11 is 0. The standard InChI is InChI=1S/C25H33NO4/c1-16(2)21-11-18-12-24(30-10-6-9-29-4)20(25(28)7-5-8-25)13-19(18)22-14-23(27)17(3)15-26(21)22/h12-16,21,28H,5-11H2,1-4H3. The minimum Gasteiger partial charge on any atom is -0.493 e. The highest BCUT2D eigenvalue weighted by atomic mass is 16.5. The molecule has 2 aliphatic rings. The van der Waals surface area contributed by atoms with E-state index in [-0.39, 0.29) is 11.5 Å². The van der Waals surface area contributed by atoms with E-state index in [1.54, 1.807) is 13.2 Å². The number of aryl methyl sites for hydroxylation is 1. The second kappa shape index (κ2) is 8.20. The fourth-order valence-corrected chi connectivity index (χ4v) is 4.70. The molecule has 162 valence electrons. The Labute approximate surface area is 178 Å². The Kier molecular flexibility index (Phi) is 5.78. The number of benzene rings is 1. The molecule has 2 heterocycles. The zero-order valence-corrected chi connectivity index (χ0v) is 18.5. The van der Waals surface area contributed by atoms with E-state index in [9.17, 15) is 9.90 Å². The van der Waals surface area contributed by atoms with Crippen LogP contribution in [0.4, 0.5) is 0 Å². The van der Waals surface area contributed by atoms with Crippen LogP contribution in [0.15, 0.2) is 29.2 Å². The summed E-state index contributed by atoms with van der Waals surface area (Å²) in [4.78, 5) is 12.5. The Bertz CT molecular complexity index is 987. The highest BCUT2D eigenvalue weighted by molar-refractivity contribution is 5.70. The average molecular weight is 412 g/mol. The van der Waals surface area contributed by atoms with E-state index in [2.05, 4.69) is 30.5 Å². The molecule has 1 fully saturated rings. The summed E-state index contributed by atoms with van der Waals surface area (Å²) in [6.07, 6.45) is 6.19. The highest BCUT2D eigenvalue weighted by Gasteiger charge is 2.40. The van der Waals surface area contributed by atoms with Crippen molar-refractivity contribution >= 4 is 0 Å². The first-order chi connectivity index (χ1) is 14.3. The summed E-state index contributed by atoms with van der Waals surface area (Å²) in [6, 6.07) is 6.23. The van der Waals surface area contributed by atoms with Crippen molar-refractivity contribution in [2.45, 2.75) is 64.5 Å². The summed E-state index contributed by atoms with van der Waals surface area (Å²) in [5, 5.41) is 11.2. The van der Waals surface area contributed by atoms with Crippen LogP contribution in [0.1, 0.15) is 62.3 Å². The van der Waals surface area contributed by atoms with Crippen molar-refractivity contribution in [3.63, 3.8) is 0 Å². The molecule has 0 bridgehead atoms. The maximum atomic E-state index is 12.5. The van der Waals surface area contributed by atoms with Gasteiger partial charge in [0.25, 0.3) is 0 Å². The van der Waals surface area contributed by atoms with Crippen LogP contribution in [0.25, 0.3) is 11.3 Å². The van der Waals surface area contributed by atoms with Crippen molar-refractivity contribution in [3.8, 4) is 17.0 Å². The molecule has 1 aliphatic heterocycles. The zero-order valence-electron chi connectivity index (χ0n) is 18.5. The third-order valence-corrected chi connectivity index (χ3v) is 6.74. The van der Waals surface area contributed by atoms with Gasteiger partial charge in [0.1, 0.15) is 5.75 Å². The highest BCUT2D eigenvalue weighted by Crippen LogP contribution is 2.48.